The normalized spacial score (nSPS) is 11.6. The van der Waals surface area contributed by atoms with Gasteiger partial charge in [-0.05, 0) is 38.5 Å². The SMILES string of the molecule is CC(C)(C)NC(N)=NCc1cccc(C(N)=O)c1.I. The zero-order valence-corrected chi connectivity index (χ0v) is 13.8. The van der Waals surface area contributed by atoms with E-state index in [9.17, 15) is 4.79 Å². The standard InChI is InChI=1S/C13H20N4O.HI/c1-13(2,3)17-12(15)16-8-9-5-4-6-10(7-9)11(14)18;/h4-7H,8H2,1-3H3,(H2,14,18)(H3,15,16,17);1H. The highest BCUT2D eigenvalue weighted by molar-refractivity contribution is 14.0. The third-order valence-corrected chi connectivity index (χ3v) is 2.15. The summed E-state index contributed by atoms with van der Waals surface area (Å²) in [6.45, 7) is 6.42. The van der Waals surface area contributed by atoms with Crippen LogP contribution in [0.3, 0.4) is 0 Å². The van der Waals surface area contributed by atoms with Crippen LogP contribution in [0.1, 0.15) is 36.7 Å². The lowest BCUT2D eigenvalue weighted by Crippen LogP contribution is -2.44. The van der Waals surface area contributed by atoms with Gasteiger partial charge in [0.25, 0.3) is 0 Å². The van der Waals surface area contributed by atoms with E-state index >= 15 is 0 Å². The van der Waals surface area contributed by atoms with Crippen molar-refractivity contribution in [3.05, 3.63) is 35.4 Å². The van der Waals surface area contributed by atoms with Gasteiger partial charge >= 0.3 is 0 Å². The van der Waals surface area contributed by atoms with Crippen LogP contribution in [0.4, 0.5) is 0 Å². The molecule has 0 fully saturated rings. The van der Waals surface area contributed by atoms with Crippen LogP contribution in [0, 0.1) is 0 Å². The molecule has 1 aromatic carbocycles. The summed E-state index contributed by atoms with van der Waals surface area (Å²) in [6.07, 6.45) is 0. The van der Waals surface area contributed by atoms with E-state index in [-0.39, 0.29) is 29.5 Å². The number of carbonyl (C=O) groups is 1. The van der Waals surface area contributed by atoms with Crippen molar-refractivity contribution < 1.29 is 4.79 Å². The Kier molecular flexibility index (Phi) is 6.82. The summed E-state index contributed by atoms with van der Waals surface area (Å²) in [6, 6.07) is 7.04. The number of nitrogens with zero attached hydrogens (tertiary/aromatic N) is 1. The van der Waals surface area contributed by atoms with E-state index in [1.807, 2.05) is 26.8 Å². The topological polar surface area (TPSA) is 93.5 Å². The molecule has 19 heavy (non-hydrogen) atoms. The summed E-state index contributed by atoms with van der Waals surface area (Å²) in [4.78, 5) is 15.2. The van der Waals surface area contributed by atoms with Crippen LogP contribution in [0.15, 0.2) is 29.3 Å². The minimum absolute atomic E-state index is 0. The molecule has 106 valence electrons. The van der Waals surface area contributed by atoms with Gasteiger partial charge in [-0.1, -0.05) is 12.1 Å². The first-order valence-corrected chi connectivity index (χ1v) is 5.75. The highest BCUT2D eigenvalue weighted by atomic mass is 127. The highest BCUT2D eigenvalue weighted by Crippen LogP contribution is 2.06. The first kappa shape index (κ1) is 17.7. The van der Waals surface area contributed by atoms with Crippen molar-refractivity contribution >= 4 is 35.8 Å². The number of primary amides is 1. The van der Waals surface area contributed by atoms with E-state index in [1.54, 1.807) is 18.2 Å². The number of guanidine groups is 1. The molecule has 0 radical (unpaired) electrons. The largest absolute Gasteiger partial charge is 0.370 e. The lowest BCUT2D eigenvalue weighted by atomic mass is 10.1. The van der Waals surface area contributed by atoms with Gasteiger partial charge in [-0.3, -0.25) is 4.79 Å². The van der Waals surface area contributed by atoms with Crippen LogP contribution in [0.2, 0.25) is 0 Å². The van der Waals surface area contributed by atoms with Gasteiger partial charge in [0, 0.05) is 11.1 Å². The Morgan fingerprint density at radius 2 is 1.95 bits per heavy atom. The Balaban J connectivity index is 0.00000324. The molecule has 0 saturated heterocycles. The van der Waals surface area contributed by atoms with Crippen molar-refractivity contribution in [2.45, 2.75) is 32.9 Å². The van der Waals surface area contributed by atoms with Crippen molar-refractivity contribution in [2.75, 3.05) is 0 Å². The number of amides is 1. The Morgan fingerprint density at radius 1 is 1.32 bits per heavy atom. The summed E-state index contributed by atoms with van der Waals surface area (Å²) in [7, 11) is 0. The molecule has 1 rings (SSSR count). The Morgan fingerprint density at radius 3 is 2.47 bits per heavy atom. The van der Waals surface area contributed by atoms with Crippen molar-refractivity contribution in [1.29, 1.82) is 0 Å². The number of hydrogen-bond donors (Lipinski definition) is 3. The fourth-order valence-electron chi connectivity index (χ4n) is 1.42. The Hall–Kier alpha value is -1.31. The zero-order chi connectivity index (χ0) is 13.8. The minimum Gasteiger partial charge on any atom is -0.370 e. The maximum atomic E-state index is 11.0. The number of hydrogen-bond acceptors (Lipinski definition) is 2. The number of halogens is 1. The quantitative estimate of drug-likeness (QED) is 0.425. The predicted molar refractivity (Wildman–Crippen MR) is 88.6 cm³/mol. The molecule has 5 nitrogen and oxygen atoms in total. The summed E-state index contributed by atoms with van der Waals surface area (Å²) in [5, 5.41) is 3.06. The zero-order valence-electron chi connectivity index (χ0n) is 11.4. The number of nitrogens with two attached hydrogens (primary N) is 2. The fourth-order valence-corrected chi connectivity index (χ4v) is 1.42. The van der Waals surface area contributed by atoms with Crippen LogP contribution >= 0.6 is 24.0 Å². The molecule has 0 aliphatic rings. The second-order valence-corrected chi connectivity index (χ2v) is 5.14. The first-order valence-electron chi connectivity index (χ1n) is 5.75. The monoisotopic (exact) mass is 376 g/mol. The van der Waals surface area contributed by atoms with Gasteiger partial charge in [-0.25, -0.2) is 4.99 Å². The lowest BCUT2D eigenvalue weighted by molar-refractivity contribution is 0.1000. The molecule has 0 saturated carbocycles. The average molecular weight is 376 g/mol. The van der Waals surface area contributed by atoms with Crippen LogP contribution in [0.5, 0.6) is 0 Å². The summed E-state index contributed by atoms with van der Waals surface area (Å²) >= 11 is 0. The van der Waals surface area contributed by atoms with E-state index in [2.05, 4.69) is 10.3 Å². The van der Waals surface area contributed by atoms with Crippen LogP contribution < -0.4 is 16.8 Å². The molecule has 0 spiro atoms. The first-order chi connectivity index (χ1) is 8.28. The third-order valence-electron chi connectivity index (χ3n) is 2.15. The van der Waals surface area contributed by atoms with Crippen LogP contribution in [-0.2, 0) is 6.54 Å². The molecule has 0 heterocycles. The molecule has 5 N–H and O–H groups in total. The number of benzene rings is 1. The van der Waals surface area contributed by atoms with E-state index in [0.29, 0.717) is 18.1 Å². The number of rotatable bonds is 3. The van der Waals surface area contributed by atoms with Crippen LogP contribution in [0.25, 0.3) is 0 Å². The Bertz CT molecular complexity index is 466. The molecular formula is C13H21IN4O. The molecule has 0 aromatic heterocycles. The van der Waals surface area contributed by atoms with E-state index in [0.717, 1.165) is 5.56 Å². The molecule has 0 atom stereocenters. The molecule has 0 unspecified atom stereocenters. The summed E-state index contributed by atoms with van der Waals surface area (Å²) < 4.78 is 0. The summed E-state index contributed by atoms with van der Waals surface area (Å²) in [5.41, 5.74) is 12.2. The molecule has 1 amide bonds. The lowest BCUT2D eigenvalue weighted by Gasteiger charge is -2.20. The second kappa shape index (κ2) is 7.32. The fraction of sp³-hybridized carbons (Fsp3) is 0.385. The van der Waals surface area contributed by atoms with E-state index in [1.165, 1.54) is 0 Å². The molecule has 0 bridgehead atoms. The maximum Gasteiger partial charge on any atom is 0.248 e. The van der Waals surface area contributed by atoms with Crippen molar-refractivity contribution in [2.24, 2.45) is 16.5 Å². The highest BCUT2D eigenvalue weighted by Gasteiger charge is 2.09. The van der Waals surface area contributed by atoms with E-state index < -0.39 is 5.91 Å². The van der Waals surface area contributed by atoms with Crippen molar-refractivity contribution in [3.8, 4) is 0 Å². The van der Waals surface area contributed by atoms with Gasteiger partial charge in [0.1, 0.15) is 0 Å². The predicted octanol–water partition coefficient (Wildman–Crippen LogP) is 1.61. The second-order valence-electron chi connectivity index (χ2n) is 5.14. The maximum absolute atomic E-state index is 11.0. The minimum atomic E-state index is -0.443. The number of nitrogens with one attached hydrogen (secondary N) is 1. The van der Waals surface area contributed by atoms with Gasteiger partial charge in [-0.2, -0.15) is 0 Å². The van der Waals surface area contributed by atoms with Gasteiger partial charge in [0.15, 0.2) is 5.96 Å². The number of carbonyl (C=O) groups excluding carboxylic acids is 1. The Labute approximate surface area is 130 Å². The summed E-state index contributed by atoms with van der Waals surface area (Å²) in [5.74, 6) is -0.0615. The van der Waals surface area contributed by atoms with E-state index in [4.69, 9.17) is 11.5 Å². The van der Waals surface area contributed by atoms with Gasteiger partial charge in [-0.15, -0.1) is 24.0 Å². The molecule has 0 aliphatic heterocycles. The average Bonchev–Trinajstić information content (AvgIpc) is 2.24. The van der Waals surface area contributed by atoms with Crippen molar-refractivity contribution in [3.63, 3.8) is 0 Å². The number of aliphatic imine (C=N–C) groups is 1. The molecule has 0 aliphatic carbocycles. The third kappa shape index (κ3) is 7.00. The van der Waals surface area contributed by atoms with Crippen molar-refractivity contribution in [1.82, 2.24) is 5.32 Å². The van der Waals surface area contributed by atoms with Gasteiger partial charge in [0.2, 0.25) is 5.91 Å². The molecular weight excluding hydrogens is 355 g/mol. The molecule has 6 heteroatoms. The van der Waals surface area contributed by atoms with Gasteiger partial charge < -0.3 is 16.8 Å². The molecule has 1 aromatic rings. The smallest absolute Gasteiger partial charge is 0.248 e. The van der Waals surface area contributed by atoms with Crippen LogP contribution in [-0.4, -0.2) is 17.4 Å². The van der Waals surface area contributed by atoms with Gasteiger partial charge in [0.05, 0.1) is 6.54 Å².